The van der Waals surface area contributed by atoms with E-state index in [1.54, 1.807) is 12.1 Å². The van der Waals surface area contributed by atoms with Gasteiger partial charge in [-0.1, -0.05) is 19.4 Å². The molecule has 0 saturated carbocycles. The van der Waals surface area contributed by atoms with Crippen LogP contribution in [-0.4, -0.2) is 212 Å². The maximum Gasteiger partial charge on any atom is 0.305 e. The van der Waals surface area contributed by atoms with Crippen LogP contribution in [0, 0.1) is 0 Å². The molecule has 0 spiro atoms. The minimum Gasteiger partial charge on any atom is -0.463 e. The Labute approximate surface area is 405 Å². The molecule has 1 unspecified atom stereocenters. The van der Waals surface area contributed by atoms with E-state index in [0.717, 1.165) is 24.2 Å². The van der Waals surface area contributed by atoms with Gasteiger partial charge >= 0.3 is 5.97 Å². The molecule has 69 heavy (non-hydrogen) atoms. The Balaban J connectivity index is 0.954. The summed E-state index contributed by atoms with van der Waals surface area (Å²) in [6.07, 6.45) is 3.62. The summed E-state index contributed by atoms with van der Waals surface area (Å²) < 4.78 is 70.8. The number of imide groups is 2. The smallest absolute Gasteiger partial charge is 0.305 e. The van der Waals surface area contributed by atoms with E-state index in [4.69, 9.17) is 61.6 Å². The second-order valence-electron chi connectivity index (χ2n) is 15.4. The van der Waals surface area contributed by atoms with E-state index in [2.05, 4.69) is 10.6 Å². The molecule has 22 nitrogen and oxygen atoms in total. The molecule has 1 fully saturated rings. The first kappa shape index (κ1) is 59.3. The number of fused-ring (bicyclic) bond motifs is 1. The molecule has 1 aromatic rings. The average molecular weight is 986 g/mol. The van der Waals surface area contributed by atoms with Crippen LogP contribution in [0.3, 0.4) is 0 Å². The first-order valence-electron chi connectivity index (χ1n) is 24.1. The van der Waals surface area contributed by atoms with Crippen molar-refractivity contribution in [3.63, 3.8) is 0 Å². The average Bonchev–Trinajstić information content (AvgIpc) is 3.59. The molecule has 2 aliphatic rings. The molecule has 2 aliphatic heterocycles. The van der Waals surface area contributed by atoms with Crippen molar-refractivity contribution in [3.05, 3.63) is 29.3 Å². The van der Waals surface area contributed by atoms with Crippen molar-refractivity contribution in [2.45, 2.75) is 64.3 Å². The van der Waals surface area contributed by atoms with Gasteiger partial charge in [0.05, 0.1) is 169 Å². The fourth-order valence-electron chi connectivity index (χ4n) is 6.51. The van der Waals surface area contributed by atoms with Crippen molar-refractivity contribution in [2.75, 3.05) is 170 Å². The summed E-state index contributed by atoms with van der Waals surface area (Å²) in [5.74, 6) is -2.93. The zero-order valence-electron chi connectivity index (χ0n) is 40.3. The number of hydrogen-bond donors (Lipinski definition) is 2. The van der Waals surface area contributed by atoms with E-state index < -0.39 is 29.7 Å². The summed E-state index contributed by atoms with van der Waals surface area (Å²) in [5, 5.41) is 4.91. The normalized spacial score (nSPS) is 14.7. The van der Waals surface area contributed by atoms with Gasteiger partial charge in [0, 0.05) is 25.9 Å². The summed E-state index contributed by atoms with van der Waals surface area (Å²) >= 11 is 0. The Bertz CT molecular complexity index is 1600. The third-order valence-corrected chi connectivity index (χ3v) is 9.97. The molecule has 0 bridgehead atoms. The number of unbranched alkanes of at least 4 members (excludes halogenated alkanes) is 2. The number of anilines is 1. The SMILES string of the molecule is CCCC(=O)OCCOCCOCCOCCOCCOCCOCCOCCOCCOCCOCCOCCOCCCCCC(=O)Nc1cccc2c1C(=O)N(C1CCC(=O)NC1=O)C2=O. The first-order chi connectivity index (χ1) is 33.8. The fraction of sp³-hybridized carbons (Fsp3) is 0.745. The van der Waals surface area contributed by atoms with Crippen molar-refractivity contribution in [3.8, 4) is 0 Å². The monoisotopic (exact) mass is 985 g/mol. The summed E-state index contributed by atoms with van der Waals surface area (Å²) in [6, 6.07) is 3.52. The van der Waals surface area contributed by atoms with Gasteiger partial charge in [0.15, 0.2) is 0 Å². The maximum atomic E-state index is 13.2. The van der Waals surface area contributed by atoms with Gasteiger partial charge in [-0.25, -0.2) is 0 Å². The predicted molar refractivity (Wildman–Crippen MR) is 246 cm³/mol. The molecule has 1 saturated heterocycles. The number of carbonyl (C=O) groups excluding carboxylic acids is 6. The van der Waals surface area contributed by atoms with Crippen molar-refractivity contribution in [2.24, 2.45) is 0 Å². The van der Waals surface area contributed by atoms with E-state index in [1.165, 1.54) is 6.07 Å². The van der Waals surface area contributed by atoms with E-state index in [0.29, 0.717) is 171 Å². The molecular weight excluding hydrogens is 911 g/mol. The van der Waals surface area contributed by atoms with Gasteiger partial charge in [-0.2, -0.15) is 0 Å². The number of hydrogen-bond acceptors (Lipinski definition) is 19. The highest BCUT2D eigenvalue weighted by atomic mass is 16.6. The quantitative estimate of drug-likeness (QED) is 0.0539. The Morgan fingerprint density at radius 1 is 0.536 bits per heavy atom. The van der Waals surface area contributed by atoms with Crippen LogP contribution in [-0.2, 0) is 80.8 Å². The highest BCUT2D eigenvalue weighted by Crippen LogP contribution is 2.32. The van der Waals surface area contributed by atoms with Crippen molar-refractivity contribution in [1.82, 2.24) is 10.2 Å². The number of ether oxygens (including phenoxy) is 13. The lowest BCUT2D eigenvalue weighted by atomic mass is 10.0. The van der Waals surface area contributed by atoms with Gasteiger partial charge in [0.2, 0.25) is 17.7 Å². The third kappa shape index (κ3) is 27.2. The second-order valence-corrected chi connectivity index (χ2v) is 15.4. The summed E-state index contributed by atoms with van der Waals surface area (Å²) in [6.45, 7) is 13.2. The van der Waals surface area contributed by atoms with Gasteiger partial charge < -0.3 is 66.9 Å². The molecule has 0 aliphatic carbocycles. The number of nitrogens with one attached hydrogen (secondary N) is 2. The maximum absolute atomic E-state index is 13.2. The van der Waals surface area contributed by atoms with Crippen LogP contribution in [0.25, 0.3) is 0 Å². The number of nitrogens with zero attached hydrogens (tertiary/aromatic N) is 1. The number of esters is 1. The first-order valence-corrected chi connectivity index (χ1v) is 24.1. The summed E-state index contributed by atoms with van der Waals surface area (Å²) in [7, 11) is 0. The van der Waals surface area contributed by atoms with Crippen molar-refractivity contribution < 1.29 is 90.3 Å². The van der Waals surface area contributed by atoms with Gasteiger partial charge in [0.25, 0.3) is 11.8 Å². The Kier molecular flexibility index (Phi) is 34.1. The van der Waals surface area contributed by atoms with Gasteiger partial charge in [-0.15, -0.1) is 0 Å². The number of piperidine rings is 1. The molecule has 3 rings (SSSR count). The van der Waals surface area contributed by atoms with Crippen LogP contribution < -0.4 is 10.6 Å². The number of amides is 5. The highest BCUT2D eigenvalue weighted by Gasteiger charge is 2.45. The number of rotatable bonds is 46. The third-order valence-electron chi connectivity index (χ3n) is 9.97. The molecule has 2 N–H and O–H groups in total. The molecule has 22 heteroatoms. The molecule has 0 aromatic heterocycles. The van der Waals surface area contributed by atoms with Crippen LogP contribution >= 0.6 is 0 Å². The van der Waals surface area contributed by atoms with Crippen LogP contribution in [0.15, 0.2) is 18.2 Å². The Hall–Kier alpha value is -4.04. The molecular formula is C47H75N3O19. The Morgan fingerprint density at radius 2 is 0.957 bits per heavy atom. The van der Waals surface area contributed by atoms with Crippen molar-refractivity contribution >= 4 is 41.2 Å². The zero-order chi connectivity index (χ0) is 49.4. The number of carbonyl (C=O) groups is 6. The summed E-state index contributed by atoms with van der Waals surface area (Å²) in [4.78, 5) is 74.9. The minimum absolute atomic E-state index is 0.0242. The predicted octanol–water partition coefficient (Wildman–Crippen LogP) is 2.13. The van der Waals surface area contributed by atoms with E-state index >= 15 is 0 Å². The van der Waals surface area contributed by atoms with Gasteiger partial charge in [-0.05, 0) is 37.8 Å². The zero-order valence-corrected chi connectivity index (χ0v) is 40.3. The van der Waals surface area contributed by atoms with Gasteiger partial charge in [0.1, 0.15) is 12.6 Å². The molecule has 392 valence electrons. The molecule has 1 aromatic carbocycles. The Morgan fingerprint density at radius 3 is 1.38 bits per heavy atom. The van der Waals surface area contributed by atoms with E-state index in [-0.39, 0.29) is 54.6 Å². The standard InChI is InChI=1S/C47H75N3O19/c1-2-7-43(53)69-37-36-68-35-34-67-33-32-66-31-30-65-29-28-64-27-26-63-25-24-62-23-22-61-21-20-60-19-18-59-17-16-58-15-14-57-13-5-3-4-10-41(51)48-39-9-6-8-38-44(39)47(56)50(46(38)55)40-11-12-42(52)49-45(40)54/h6,8-9,40H,2-5,7,10-37H2,1H3,(H,48,51)(H,49,52,54). The van der Waals surface area contributed by atoms with E-state index in [1.807, 2.05) is 6.92 Å². The molecule has 0 radical (unpaired) electrons. The van der Waals surface area contributed by atoms with Crippen LogP contribution in [0.5, 0.6) is 0 Å². The van der Waals surface area contributed by atoms with Crippen LogP contribution in [0.1, 0.15) is 79.0 Å². The second kappa shape index (κ2) is 39.7. The topological polar surface area (TPSA) is 250 Å². The van der Waals surface area contributed by atoms with Crippen LogP contribution in [0.4, 0.5) is 5.69 Å². The largest absolute Gasteiger partial charge is 0.463 e. The molecule has 5 amide bonds. The lowest BCUT2D eigenvalue weighted by Gasteiger charge is -2.27. The molecule has 2 heterocycles. The van der Waals surface area contributed by atoms with Gasteiger partial charge in [-0.3, -0.25) is 39.0 Å². The summed E-state index contributed by atoms with van der Waals surface area (Å²) in [5.41, 5.74) is 0.370. The molecule has 1 atom stereocenters. The van der Waals surface area contributed by atoms with E-state index in [9.17, 15) is 28.8 Å². The van der Waals surface area contributed by atoms with Crippen molar-refractivity contribution in [1.29, 1.82) is 0 Å². The van der Waals surface area contributed by atoms with Crippen LogP contribution in [0.2, 0.25) is 0 Å². The number of benzene rings is 1. The minimum atomic E-state index is -1.08. The lowest BCUT2D eigenvalue weighted by Crippen LogP contribution is -2.54. The lowest BCUT2D eigenvalue weighted by molar-refractivity contribution is -0.145. The fourth-order valence-corrected chi connectivity index (χ4v) is 6.51. The highest BCUT2D eigenvalue weighted by molar-refractivity contribution is 6.26.